The summed E-state index contributed by atoms with van der Waals surface area (Å²) in [5.74, 6) is 0.173. The van der Waals surface area contributed by atoms with Crippen molar-refractivity contribution >= 4 is 33.2 Å². The molecule has 2 aromatic rings. The molecule has 2 aromatic carbocycles. The Balaban J connectivity index is 1.29. The van der Waals surface area contributed by atoms with Crippen LogP contribution in [0, 0.1) is 11.8 Å². The van der Waals surface area contributed by atoms with Crippen molar-refractivity contribution in [2.24, 2.45) is 11.8 Å². The quantitative estimate of drug-likeness (QED) is 0.618. The van der Waals surface area contributed by atoms with Gasteiger partial charge in [-0.2, -0.15) is 0 Å². The van der Waals surface area contributed by atoms with E-state index in [9.17, 15) is 18.0 Å². The average molecular weight is 456 g/mol. The van der Waals surface area contributed by atoms with E-state index < -0.39 is 10.0 Å². The number of fused-ring (bicyclic) bond motifs is 1. The second-order valence-electron chi connectivity index (χ2n) is 8.65. The number of benzene rings is 2. The second-order valence-corrected chi connectivity index (χ2v) is 10.4. The zero-order valence-corrected chi connectivity index (χ0v) is 18.8. The molecule has 0 radical (unpaired) electrons. The van der Waals surface area contributed by atoms with Crippen molar-refractivity contribution in [3.05, 3.63) is 54.1 Å². The average Bonchev–Trinajstić information content (AvgIpc) is 2.98. The Labute approximate surface area is 189 Å². The lowest BCUT2D eigenvalue weighted by Crippen LogP contribution is -2.33. The summed E-state index contributed by atoms with van der Waals surface area (Å²) in [5, 5.41) is 5.79. The highest BCUT2D eigenvalue weighted by molar-refractivity contribution is 7.89. The fourth-order valence-corrected chi connectivity index (χ4v) is 5.59. The van der Waals surface area contributed by atoms with Gasteiger partial charge >= 0.3 is 0 Å². The van der Waals surface area contributed by atoms with Gasteiger partial charge in [0.15, 0.2) is 0 Å². The van der Waals surface area contributed by atoms with Gasteiger partial charge < -0.3 is 10.6 Å². The largest absolute Gasteiger partial charge is 0.326 e. The van der Waals surface area contributed by atoms with Crippen LogP contribution in [0.1, 0.15) is 44.1 Å². The highest BCUT2D eigenvalue weighted by Gasteiger charge is 2.27. The van der Waals surface area contributed by atoms with E-state index in [0.717, 1.165) is 36.9 Å². The molecule has 1 aliphatic heterocycles. The van der Waals surface area contributed by atoms with Crippen molar-refractivity contribution in [2.75, 3.05) is 17.2 Å². The third-order valence-corrected chi connectivity index (χ3v) is 7.75. The monoisotopic (exact) mass is 455 g/mol. The van der Waals surface area contributed by atoms with Crippen LogP contribution in [0.15, 0.2) is 53.4 Å². The minimum absolute atomic E-state index is 0.0345. The summed E-state index contributed by atoms with van der Waals surface area (Å²) in [6.07, 6.45) is 4.95. The lowest BCUT2D eigenvalue weighted by atomic mass is 9.81. The lowest BCUT2D eigenvalue weighted by molar-refractivity contribution is -0.121. The molecule has 1 heterocycles. The number of hydrogen-bond acceptors (Lipinski definition) is 4. The topological polar surface area (TPSA) is 104 Å². The third kappa shape index (κ3) is 5.55. The molecule has 0 spiro atoms. The Kier molecular flexibility index (Phi) is 6.91. The summed E-state index contributed by atoms with van der Waals surface area (Å²) in [7, 11) is -3.63. The first kappa shape index (κ1) is 22.5. The second kappa shape index (κ2) is 9.83. The van der Waals surface area contributed by atoms with Crippen LogP contribution in [0.5, 0.6) is 0 Å². The molecule has 0 saturated heterocycles. The van der Waals surface area contributed by atoms with E-state index in [0.29, 0.717) is 31.5 Å². The van der Waals surface area contributed by atoms with Crippen molar-refractivity contribution < 1.29 is 18.0 Å². The van der Waals surface area contributed by atoms with Crippen molar-refractivity contribution in [3.63, 3.8) is 0 Å². The van der Waals surface area contributed by atoms with E-state index in [1.54, 1.807) is 12.1 Å². The molecule has 7 nitrogen and oxygen atoms in total. The molecular weight excluding hydrogens is 426 g/mol. The van der Waals surface area contributed by atoms with Crippen LogP contribution in [0.25, 0.3) is 0 Å². The molecule has 4 rings (SSSR count). The van der Waals surface area contributed by atoms with Gasteiger partial charge in [0.25, 0.3) is 0 Å². The number of anilines is 2. The molecule has 0 aromatic heterocycles. The highest BCUT2D eigenvalue weighted by atomic mass is 32.2. The van der Waals surface area contributed by atoms with Gasteiger partial charge in [-0.3, -0.25) is 9.59 Å². The molecule has 0 unspecified atom stereocenters. The number of rotatable bonds is 6. The first-order valence-corrected chi connectivity index (χ1v) is 12.7. The number of para-hydroxylation sites is 1. The molecule has 0 atom stereocenters. The fourth-order valence-electron chi connectivity index (χ4n) is 4.42. The summed E-state index contributed by atoms with van der Waals surface area (Å²) >= 11 is 0. The first-order valence-electron chi connectivity index (χ1n) is 11.2. The van der Waals surface area contributed by atoms with Crippen LogP contribution in [0.4, 0.5) is 11.4 Å². The maximum atomic E-state index is 12.8. The minimum atomic E-state index is -3.63. The molecule has 170 valence electrons. The molecule has 32 heavy (non-hydrogen) atoms. The smallest absolute Gasteiger partial charge is 0.240 e. The van der Waals surface area contributed by atoms with Gasteiger partial charge in [-0.25, -0.2) is 13.1 Å². The molecular formula is C24H29N3O4S. The van der Waals surface area contributed by atoms with Gasteiger partial charge in [-0.15, -0.1) is 0 Å². The molecule has 0 bridgehead atoms. The summed E-state index contributed by atoms with van der Waals surface area (Å²) < 4.78 is 28.4. The Morgan fingerprint density at radius 1 is 1.00 bits per heavy atom. The highest BCUT2D eigenvalue weighted by Crippen LogP contribution is 2.30. The number of nitrogens with one attached hydrogen (secondary N) is 3. The number of hydrogen-bond donors (Lipinski definition) is 3. The summed E-state index contributed by atoms with van der Waals surface area (Å²) in [6.45, 7) is 0.364. The molecule has 8 heteroatoms. The van der Waals surface area contributed by atoms with Crippen LogP contribution >= 0.6 is 0 Å². The molecule has 1 aliphatic carbocycles. The standard InChI is InChI=1S/C24H29N3O4S/c28-23-8-4-5-19-15-21(13-14-22(19)27-23)32(30,31)25-16-17-9-11-18(12-10-17)24(29)26-20-6-2-1-3-7-20/h1-3,6-7,13-15,17-18,25H,4-5,8-12,16H2,(H,26,29)(H,27,28). The third-order valence-electron chi connectivity index (χ3n) is 6.33. The SMILES string of the molecule is O=C1CCCc2cc(S(=O)(=O)NCC3CCC(C(=O)Nc4ccccc4)CC3)ccc2N1. The predicted molar refractivity (Wildman–Crippen MR) is 124 cm³/mol. The fraction of sp³-hybridized carbons (Fsp3) is 0.417. The molecule has 1 saturated carbocycles. The summed E-state index contributed by atoms with van der Waals surface area (Å²) in [6, 6.07) is 14.3. The minimum Gasteiger partial charge on any atom is -0.326 e. The van der Waals surface area contributed by atoms with Gasteiger partial charge in [0, 0.05) is 30.3 Å². The number of amides is 2. The number of sulfonamides is 1. The lowest BCUT2D eigenvalue weighted by Gasteiger charge is -2.28. The Bertz CT molecular complexity index is 1080. The van der Waals surface area contributed by atoms with Crippen LogP contribution in [-0.2, 0) is 26.0 Å². The Morgan fingerprint density at radius 2 is 1.75 bits per heavy atom. The van der Waals surface area contributed by atoms with Crippen molar-refractivity contribution in [2.45, 2.75) is 49.8 Å². The Hall–Kier alpha value is -2.71. The molecule has 2 aliphatic rings. The van der Waals surface area contributed by atoms with Crippen LogP contribution in [-0.4, -0.2) is 26.8 Å². The summed E-state index contributed by atoms with van der Waals surface area (Å²) in [4.78, 5) is 24.4. The van der Waals surface area contributed by atoms with Gasteiger partial charge in [-0.05, 0) is 80.3 Å². The van der Waals surface area contributed by atoms with E-state index in [1.165, 1.54) is 6.07 Å². The van der Waals surface area contributed by atoms with Crippen molar-refractivity contribution in [1.82, 2.24) is 4.72 Å². The van der Waals surface area contributed by atoms with Gasteiger partial charge in [0.1, 0.15) is 0 Å². The maximum absolute atomic E-state index is 12.8. The van der Waals surface area contributed by atoms with Crippen molar-refractivity contribution in [3.8, 4) is 0 Å². The van der Waals surface area contributed by atoms with Crippen LogP contribution in [0.2, 0.25) is 0 Å². The maximum Gasteiger partial charge on any atom is 0.240 e. The molecule has 3 N–H and O–H groups in total. The molecule has 2 amide bonds. The van der Waals surface area contributed by atoms with Crippen molar-refractivity contribution in [1.29, 1.82) is 0 Å². The zero-order valence-electron chi connectivity index (χ0n) is 18.0. The van der Waals surface area contributed by atoms with Crippen LogP contribution in [0.3, 0.4) is 0 Å². The van der Waals surface area contributed by atoms with E-state index in [4.69, 9.17) is 0 Å². The van der Waals surface area contributed by atoms with Gasteiger partial charge in [0.2, 0.25) is 21.8 Å². The van der Waals surface area contributed by atoms with Gasteiger partial charge in [0.05, 0.1) is 4.90 Å². The number of aryl methyl sites for hydroxylation is 1. The number of carbonyl (C=O) groups excluding carboxylic acids is 2. The van der Waals surface area contributed by atoms with Crippen LogP contribution < -0.4 is 15.4 Å². The van der Waals surface area contributed by atoms with Gasteiger partial charge in [-0.1, -0.05) is 18.2 Å². The normalized spacial score (nSPS) is 21.2. The Morgan fingerprint density at radius 3 is 2.50 bits per heavy atom. The predicted octanol–water partition coefficient (Wildman–Crippen LogP) is 3.68. The van der Waals surface area contributed by atoms with E-state index in [-0.39, 0.29) is 28.5 Å². The first-order chi connectivity index (χ1) is 15.4. The molecule has 1 fully saturated rings. The summed E-state index contributed by atoms with van der Waals surface area (Å²) in [5.41, 5.74) is 2.34. The van der Waals surface area contributed by atoms with E-state index in [1.807, 2.05) is 30.3 Å². The number of carbonyl (C=O) groups is 2. The zero-order chi connectivity index (χ0) is 22.6. The van der Waals surface area contributed by atoms with E-state index in [2.05, 4.69) is 15.4 Å². The van der Waals surface area contributed by atoms with E-state index >= 15 is 0 Å².